The van der Waals surface area contributed by atoms with Gasteiger partial charge < -0.3 is 5.32 Å². The molecule has 1 atom stereocenters. The van der Waals surface area contributed by atoms with E-state index >= 15 is 0 Å². The van der Waals surface area contributed by atoms with Crippen LogP contribution in [0.1, 0.15) is 53.2 Å². The number of amides is 1. The SMILES string of the molecule is Cc1ccc(C(CNC(=O)c2ccccc2F)N2CCCCCC2)cc1. The standard InChI is InChI=1S/C22H27FN2O/c1-17-10-12-18(13-11-17)21(25-14-6-2-3-7-15-25)16-24-22(26)19-8-4-5-9-20(19)23/h4-5,8-13,21H,2-3,6-7,14-16H2,1H3,(H,24,26). The van der Waals surface area contributed by atoms with E-state index < -0.39 is 5.82 Å². The second kappa shape index (κ2) is 8.95. The van der Waals surface area contributed by atoms with Crippen LogP contribution in [0.4, 0.5) is 4.39 Å². The molecular formula is C22H27FN2O. The number of carbonyl (C=O) groups excluding carboxylic acids is 1. The van der Waals surface area contributed by atoms with E-state index in [0.29, 0.717) is 6.54 Å². The first-order valence-electron chi connectivity index (χ1n) is 9.48. The highest BCUT2D eigenvalue weighted by atomic mass is 19.1. The van der Waals surface area contributed by atoms with E-state index in [9.17, 15) is 9.18 Å². The van der Waals surface area contributed by atoms with E-state index in [1.54, 1.807) is 12.1 Å². The topological polar surface area (TPSA) is 32.3 Å². The summed E-state index contributed by atoms with van der Waals surface area (Å²) in [5.41, 5.74) is 2.52. The second-order valence-corrected chi connectivity index (χ2v) is 7.07. The molecule has 2 aromatic carbocycles. The summed E-state index contributed by atoms with van der Waals surface area (Å²) in [7, 11) is 0. The van der Waals surface area contributed by atoms with Crippen molar-refractivity contribution in [2.75, 3.05) is 19.6 Å². The van der Waals surface area contributed by atoms with E-state index in [1.807, 2.05) is 0 Å². The van der Waals surface area contributed by atoms with Crippen LogP contribution in [0.15, 0.2) is 48.5 Å². The summed E-state index contributed by atoms with van der Waals surface area (Å²) in [6.07, 6.45) is 4.89. The predicted octanol–water partition coefficient (Wildman–Crippen LogP) is 4.48. The lowest BCUT2D eigenvalue weighted by molar-refractivity contribution is 0.0929. The normalized spacial score (nSPS) is 16.7. The Morgan fingerprint density at radius 2 is 1.69 bits per heavy atom. The van der Waals surface area contributed by atoms with Gasteiger partial charge in [0.05, 0.1) is 11.6 Å². The van der Waals surface area contributed by atoms with Crippen molar-refractivity contribution in [2.24, 2.45) is 0 Å². The van der Waals surface area contributed by atoms with Gasteiger partial charge in [-0.25, -0.2) is 4.39 Å². The van der Waals surface area contributed by atoms with Gasteiger partial charge in [-0.3, -0.25) is 9.69 Å². The molecule has 1 heterocycles. The molecule has 0 bridgehead atoms. The van der Waals surface area contributed by atoms with Gasteiger partial charge >= 0.3 is 0 Å². The first-order chi connectivity index (χ1) is 12.6. The Bertz CT molecular complexity index is 721. The van der Waals surface area contributed by atoms with Crippen molar-refractivity contribution in [3.8, 4) is 0 Å². The van der Waals surface area contributed by atoms with Crippen LogP contribution in [0.2, 0.25) is 0 Å². The lowest BCUT2D eigenvalue weighted by Crippen LogP contribution is -2.38. The number of aryl methyl sites for hydroxylation is 1. The summed E-state index contributed by atoms with van der Waals surface area (Å²) in [6, 6.07) is 14.7. The lowest BCUT2D eigenvalue weighted by Gasteiger charge is -2.31. The molecule has 1 N–H and O–H groups in total. The second-order valence-electron chi connectivity index (χ2n) is 7.07. The molecule has 0 saturated carbocycles. The first-order valence-corrected chi connectivity index (χ1v) is 9.48. The Morgan fingerprint density at radius 3 is 2.35 bits per heavy atom. The van der Waals surface area contributed by atoms with Crippen LogP contribution in [0.5, 0.6) is 0 Å². The van der Waals surface area contributed by atoms with Gasteiger partial charge in [0, 0.05) is 6.54 Å². The highest BCUT2D eigenvalue weighted by molar-refractivity contribution is 5.94. The van der Waals surface area contributed by atoms with E-state index in [2.05, 4.69) is 41.4 Å². The third kappa shape index (κ3) is 4.70. The third-order valence-corrected chi connectivity index (χ3v) is 5.12. The van der Waals surface area contributed by atoms with Gasteiger partial charge in [-0.15, -0.1) is 0 Å². The largest absolute Gasteiger partial charge is 0.350 e. The fourth-order valence-electron chi connectivity index (χ4n) is 3.58. The Morgan fingerprint density at radius 1 is 1.04 bits per heavy atom. The molecule has 4 heteroatoms. The number of rotatable bonds is 5. The molecule has 1 unspecified atom stereocenters. The Balaban J connectivity index is 1.75. The predicted molar refractivity (Wildman–Crippen MR) is 103 cm³/mol. The number of benzene rings is 2. The molecule has 2 aromatic rings. The zero-order valence-corrected chi connectivity index (χ0v) is 15.4. The molecule has 3 rings (SSSR count). The number of likely N-dealkylation sites (tertiary alicyclic amines) is 1. The van der Waals surface area contributed by atoms with E-state index in [0.717, 1.165) is 13.1 Å². The Kier molecular flexibility index (Phi) is 6.40. The average Bonchev–Trinajstić information content (AvgIpc) is 2.93. The van der Waals surface area contributed by atoms with E-state index in [4.69, 9.17) is 0 Å². The van der Waals surface area contributed by atoms with Crippen LogP contribution in [0.3, 0.4) is 0 Å². The molecule has 1 saturated heterocycles. The zero-order valence-electron chi connectivity index (χ0n) is 15.4. The average molecular weight is 354 g/mol. The number of hydrogen-bond acceptors (Lipinski definition) is 2. The fourth-order valence-corrected chi connectivity index (χ4v) is 3.58. The molecule has 0 aliphatic carbocycles. The van der Waals surface area contributed by atoms with Crippen molar-refractivity contribution < 1.29 is 9.18 Å². The molecule has 0 radical (unpaired) electrons. The third-order valence-electron chi connectivity index (χ3n) is 5.12. The van der Waals surface area contributed by atoms with Crippen molar-refractivity contribution in [2.45, 2.75) is 38.6 Å². The summed E-state index contributed by atoms with van der Waals surface area (Å²) < 4.78 is 13.9. The van der Waals surface area contributed by atoms with Gasteiger partial charge in [0.25, 0.3) is 5.91 Å². The Hall–Kier alpha value is -2.20. The molecule has 1 amide bonds. The van der Waals surface area contributed by atoms with Crippen LogP contribution in [-0.2, 0) is 0 Å². The minimum Gasteiger partial charge on any atom is -0.350 e. The summed E-state index contributed by atoms with van der Waals surface area (Å²) in [6.45, 7) is 4.63. The number of nitrogens with one attached hydrogen (secondary N) is 1. The molecule has 0 spiro atoms. The van der Waals surface area contributed by atoms with Crippen LogP contribution in [0, 0.1) is 12.7 Å². The van der Waals surface area contributed by atoms with Gasteiger partial charge in [-0.1, -0.05) is 54.8 Å². The molecule has 1 aliphatic heterocycles. The van der Waals surface area contributed by atoms with Crippen LogP contribution in [-0.4, -0.2) is 30.4 Å². The van der Waals surface area contributed by atoms with Gasteiger partial charge in [0.2, 0.25) is 0 Å². The maximum atomic E-state index is 13.9. The van der Waals surface area contributed by atoms with Crippen molar-refractivity contribution in [1.82, 2.24) is 10.2 Å². The fraction of sp³-hybridized carbons (Fsp3) is 0.409. The van der Waals surface area contributed by atoms with Gasteiger partial charge in [-0.05, 0) is 50.6 Å². The highest BCUT2D eigenvalue weighted by Gasteiger charge is 2.23. The van der Waals surface area contributed by atoms with Crippen LogP contribution < -0.4 is 5.32 Å². The van der Waals surface area contributed by atoms with Crippen molar-refractivity contribution in [3.63, 3.8) is 0 Å². The number of halogens is 1. The minimum atomic E-state index is -0.480. The molecule has 1 aliphatic rings. The van der Waals surface area contributed by atoms with Crippen molar-refractivity contribution in [3.05, 3.63) is 71.0 Å². The maximum absolute atomic E-state index is 13.9. The molecule has 3 nitrogen and oxygen atoms in total. The van der Waals surface area contributed by atoms with Crippen molar-refractivity contribution in [1.29, 1.82) is 0 Å². The molecule has 0 aromatic heterocycles. The number of nitrogens with zero attached hydrogens (tertiary/aromatic N) is 1. The van der Waals surface area contributed by atoms with E-state index in [1.165, 1.54) is 48.9 Å². The summed E-state index contributed by atoms with van der Waals surface area (Å²) >= 11 is 0. The zero-order chi connectivity index (χ0) is 18.4. The van der Waals surface area contributed by atoms with Crippen LogP contribution >= 0.6 is 0 Å². The van der Waals surface area contributed by atoms with Crippen molar-refractivity contribution >= 4 is 5.91 Å². The van der Waals surface area contributed by atoms with Gasteiger partial charge in [0.1, 0.15) is 5.82 Å². The summed E-state index contributed by atoms with van der Waals surface area (Å²) in [5.74, 6) is -0.832. The molecule has 26 heavy (non-hydrogen) atoms. The smallest absolute Gasteiger partial charge is 0.254 e. The molecular weight excluding hydrogens is 327 g/mol. The maximum Gasteiger partial charge on any atom is 0.254 e. The number of hydrogen-bond donors (Lipinski definition) is 1. The summed E-state index contributed by atoms with van der Waals surface area (Å²) in [5, 5.41) is 2.95. The summed E-state index contributed by atoms with van der Waals surface area (Å²) in [4.78, 5) is 14.9. The molecule has 138 valence electrons. The first kappa shape index (κ1) is 18.6. The monoisotopic (exact) mass is 354 g/mol. The lowest BCUT2D eigenvalue weighted by atomic mass is 10.0. The molecule has 1 fully saturated rings. The highest BCUT2D eigenvalue weighted by Crippen LogP contribution is 2.24. The van der Waals surface area contributed by atoms with Gasteiger partial charge in [-0.2, -0.15) is 0 Å². The number of carbonyl (C=O) groups is 1. The van der Waals surface area contributed by atoms with Gasteiger partial charge in [0.15, 0.2) is 0 Å². The van der Waals surface area contributed by atoms with Crippen LogP contribution in [0.25, 0.3) is 0 Å². The van der Waals surface area contributed by atoms with E-state index in [-0.39, 0.29) is 17.5 Å². The Labute approximate surface area is 155 Å². The minimum absolute atomic E-state index is 0.103. The quantitative estimate of drug-likeness (QED) is 0.858.